The molecule has 0 aliphatic carbocycles. The maximum absolute atomic E-state index is 6.12. The third kappa shape index (κ3) is 3.58. The Hall–Kier alpha value is -3.18. The molecular formula is C20H15ClN4O. The first-order chi connectivity index (χ1) is 12.8. The van der Waals surface area contributed by atoms with Crippen LogP contribution < -0.4 is 4.74 Å². The largest absolute Gasteiger partial charge is 0.488 e. The molecule has 0 unspecified atom stereocenters. The smallest absolute Gasteiger partial charge is 0.141 e. The Morgan fingerprint density at radius 2 is 1.81 bits per heavy atom. The molecule has 5 nitrogen and oxygen atoms in total. The first-order valence-electron chi connectivity index (χ1n) is 8.07. The fraction of sp³-hybridized carbons (Fsp3) is 0.0500. The molecule has 4 aromatic rings. The van der Waals surface area contributed by atoms with Crippen molar-refractivity contribution >= 4 is 28.6 Å². The summed E-state index contributed by atoms with van der Waals surface area (Å²) < 4.78 is 7.58. The molecule has 128 valence electrons. The Kier molecular flexibility index (Phi) is 4.62. The predicted molar refractivity (Wildman–Crippen MR) is 103 cm³/mol. The minimum absolute atomic E-state index is 0.455. The van der Waals surface area contributed by atoms with Crippen LogP contribution in [0.5, 0.6) is 5.75 Å². The van der Waals surface area contributed by atoms with Gasteiger partial charge in [-0.05, 0) is 34.5 Å². The van der Waals surface area contributed by atoms with Gasteiger partial charge in [0.15, 0.2) is 0 Å². The number of hydrogen-bond acceptors (Lipinski definition) is 4. The lowest BCUT2D eigenvalue weighted by atomic mass is 10.1. The van der Waals surface area contributed by atoms with Gasteiger partial charge < -0.3 is 4.74 Å². The highest BCUT2D eigenvalue weighted by Crippen LogP contribution is 2.24. The van der Waals surface area contributed by atoms with Gasteiger partial charge in [-0.2, -0.15) is 5.10 Å². The zero-order valence-electron chi connectivity index (χ0n) is 13.8. The first kappa shape index (κ1) is 16.3. The van der Waals surface area contributed by atoms with Crippen LogP contribution in [0.15, 0.2) is 78.4 Å². The monoisotopic (exact) mass is 362 g/mol. The molecule has 6 heteroatoms. The van der Waals surface area contributed by atoms with Gasteiger partial charge in [0.2, 0.25) is 0 Å². The van der Waals surface area contributed by atoms with Crippen LogP contribution >= 0.6 is 11.6 Å². The molecule has 4 rings (SSSR count). The molecule has 1 heterocycles. The van der Waals surface area contributed by atoms with Crippen molar-refractivity contribution in [2.24, 2.45) is 5.10 Å². The van der Waals surface area contributed by atoms with Crippen LogP contribution in [0.25, 0.3) is 10.8 Å². The minimum Gasteiger partial charge on any atom is -0.488 e. The van der Waals surface area contributed by atoms with Gasteiger partial charge in [-0.1, -0.05) is 54.1 Å². The molecule has 0 aliphatic rings. The normalized spacial score (nSPS) is 11.3. The van der Waals surface area contributed by atoms with Crippen LogP contribution in [0.2, 0.25) is 5.02 Å². The summed E-state index contributed by atoms with van der Waals surface area (Å²) in [7, 11) is 0. The number of nitrogens with zero attached hydrogens (tertiary/aromatic N) is 4. The third-order valence-corrected chi connectivity index (χ3v) is 4.21. The molecule has 0 spiro atoms. The molecule has 3 aromatic carbocycles. The van der Waals surface area contributed by atoms with Gasteiger partial charge >= 0.3 is 0 Å². The number of fused-ring (bicyclic) bond motifs is 1. The van der Waals surface area contributed by atoms with Crippen LogP contribution in [-0.4, -0.2) is 21.1 Å². The second-order valence-corrected chi connectivity index (χ2v) is 6.13. The summed E-state index contributed by atoms with van der Waals surface area (Å²) in [6.45, 7) is 0.455. The zero-order chi connectivity index (χ0) is 17.8. The molecule has 0 amide bonds. The topological polar surface area (TPSA) is 52.3 Å². The van der Waals surface area contributed by atoms with Crippen molar-refractivity contribution in [1.29, 1.82) is 0 Å². The molecule has 0 radical (unpaired) electrons. The summed E-state index contributed by atoms with van der Waals surface area (Å²) in [5, 5.41) is 14.7. The molecule has 0 saturated heterocycles. The standard InChI is InChI=1S/C20H15ClN4O/c21-18-8-9-20(17(10-18)11-24-25-13-22-23-14-25)26-12-16-6-3-5-15-4-1-2-7-19(15)16/h1-11,13-14H,12H2. The van der Waals surface area contributed by atoms with Crippen molar-refractivity contribution in [2.45, 2.75) is 6.61 Å². The lowest BCUT2D eigenvalue weighted by Crippen LogP contribution is -2.00. The van der Waals surface area contributed by atoms with Crippen LogP contribution in [-0.2, 0) is 6.61 Å². The van der Waals surface area contributed by atoms with E-state index in [1.165, 1.54) is 28.1 Å². The van der Waals surface area contributed by atoms with Crippen molar-refractivity contribution in [3.63, 3.8) is 0 Å². The average Bonchev–Trinajstić information content (AvgIpc) is 3.19. The van der Waals surface area contributed by atoms with E-state index < -0.39 is 0 Å². The molecule has 0 atom stereocenters. The number of rotatable bonds is 5. The maximum atomic E-state index is 6.12. The molecule has 26 heavy (non-hydrogen) atoms. The Balaban J connectivity index is 1.60. The maximum Gasteiger partial charge on any atom is 0.141 e. The molecule has 0 N–H and O–H groups in total. The van der Waals surface area contributed by atoms with E-state index in [9.17, 15) is 0 Å². The highest BCUT2D eigenvalue weighted by Gasteiger charge is 2.06. The van der Waals surface area contributed by atoms with E-state index in [0.29, 0.717) is 17.4 Å². The molecule has 1 aromatic heterocycles. The van der Waals surface area contributed by atoms with E-state index >= 15 is 0 Å². The van der Waals surface area contributed by atoms with Crippen molar-refractivity contribution in [3.05, 3.63) is 89.5 Å². The second-order valence-electron chi connectivity index (χ2n) is 5.70. The molecule has 0 saturated carbocycles. The molecule has 0 fully saturated rings. The van der Waals surface area contributed by atoms with Crippen LogP contribution in [0.1, 0.15) is 11.1 Å². The quantitative estimate of drug-likeness (QED) is 0.489. The van der Waals surface area contributed by atoms with E-state index in [-0.39, 0.29) is 0 Å². The molecular weight excluding hydrogens is 348 g/mol. The van der Waals surface area contributed by atoms with E-state index in [2.05, 4.69) is 39.6 Å². The Morgan fingerprint density at radius 1 is 1.00 bits per heavy atom. The number of halogens is 1. The van der Waals surface area contributed by atoms with E-state index in [4.69, 9.17) is 16.3 Å². The summed E-state index contributed by atoms with van der Waals surface area (Å²) in [5.74, 6) is 0.708. The van der Waals surface area contributed by atoms with Gasteiger partial charge in [0, 0.05) is 10.6 Å². The van der Waals surface area contributed by atoms with E-state index in [0.717, 1.165) is 11.1 Å². The lowest BCUT2D eigenvalue weighted by molar-refractivity contribution is 0.307. The summed E-state index contributed by atoms with van der Waals surface area (Å²) >= 11 is 6.12. The van der Waals surface area contributed by atoms with Gasteiger partial charge in [0.1, 0.15) is 25.0 Å². The summed E-state index contributed by atoms with van der Waals surface area (Å²) in [4.78, 5) is 0. The molecule has 0 bridgehead atoms. The van der Waals surface area contributed by atoms with Gasteiger partial charge in [-0.15, -0.1) is 10.2 Å². The fourth-order valence-corrected chi connectivity index (χ4v) is 2.89. The van der Waals surface area contributed by atoms with Crippen LogP contribution in [0.4, 0.5) is 0 Å². The third-order valence-electron chi connectivity index (χ3n) is 3.97. The van der Waals surface area contributed by atoms with E-state index in [1.54, 1.807) is 12.3 Å². The van der Waals surface area contributed by atoms with Gasteiger partial charge in [-0.3, -0.25) is 0 Å². The van der Waals surface area contributed by atoms with Gasteiger partial charge in [0.25, 0.3) is 0 Å². The Morgan fingerprint density at radius 3 is 2.69 bits per heavy atom. The number of hydrogen-bond donors (Lipinski definition) is 0. The lowest BCUT2D eigenvalue weighted by Gasteiger charge is -2.11. The van der Waals surface area contributed by atoms with Crippen LogP contribution in [0, 0.1) is 0 Å². The van der Waals surface area contributed by atoms with Crippen molar-refractivity contribution in [3.8, 4) is 5.75 Å². The summed E-state index contributed by atoms with van der Waals surface area (Å²) in [6.07, 6.45) is 4.70. The predicted octanol–water partition coefficient (Wildman–Crippen LogP) is 4.55. The number of aromatic nitrogens is 3. The minimum atomic E-state index is 0.455. The van der Waals surface area contributed by atoms with Crippen LogP contribution in [0.3, 0.4) is 0 Å². The highest BCUT2D eigenvalue weighted by atomic mass is 35.5. The Labute approximate surface area is 155 Å². The van der Waals surface area contributed by atoms with Crippen molar-refractivity contribution in [2.75, 3.05) is 0 Å². The number of benzene rings is 3. The average molecular weight is 363 g/mol. The first-order valence-corrected chi connectivity index (χ1v) is 8.45. The van der Waals surface area contributed by atoms with Gasteiger partial charge in [-0.25, -0.2) is 4.68 Å². The second kappa shape index (κ2) is 7.37. The van der Waals surface area contributed by atoms with E-state index in [1.807, 2.05) is 30.3 Å². The molecule has 0 aliphatic heterocycles. The zero-order valence-corrected chi connectivity index (χ0v) is 14.5. The SMILES string of the molecule is Clc1ccc(OCc2cccc3ccccc23)c(C=Nn2cnnc2)c1. The fourth-order valence-electron chi connectivity index (χ4n) is 2.71. The Bertz CT molecular complexity index is 1060. The summed E-state index contributed by atoms with van der Waals surface area (Å²) in [5.41, 5.74) is 1.91. The summed E-state index contributed by atoms with van der Waals surface area (Å²) in [6, 6.07) is 19.9. The van der Waals surface area contributed by atoms with Crippen molar-refractivity contribution in [1.82, 2.24) is 14.9 Å². The number of ether oxygens (including phenoxy) is 1. The van der Waals surface area contributed by atoms with Crippen molar-refractivity contribution < 1.29 is 4.74 Å². The highest BCUT2D eigenvalue weighted by molar-refractivity contribution is 6.30. The van der Waals surface area contributed by atoms with Gasteiger partial charge in [0.05, 0.1) is 6.21 Å².